The maximum absolute atomic E-state index is 12.5. The summed E-state index contributed by atoms with van der Waals surface area (Å²) in [5, 5.41) is 12.6. The minimum atomic E-state index is -0.718. The summed E-state index contributed by atoms with van der Waals surface area (Å²) >= 11 is 1.47. The average Bonchev–Trinajstić information content (AvgIpc) is 3.55. The van der Waals surface area contributed by atoms with Crippen molar-refractivity contribution < 1.29 is 28.2 Å². The van der Waals surface area contributed by atoms with Crippen molar-refractivity contribution in [2.24, 2.45) is 0 Å². The van der Waals surface area contributed by atoms with E-state index in [2.05, 4.69) is 15.5 Å². The second-order valence-electron chi connectivity index (χ2n) is 7.06. The Morgan fingerprint density at radius 1 is 1.06 bits per heavy atom. The van der Waals surface area contributed by atoms with Gasteiger partial charge in [-0.2, -0.15) is 0 Å². The van der Waals surface area contributed by atoms with E-state index >= 15 is 0 Å². The first kappa shape index (κ1) is 23.0. The van der Waals surface area contributed by atoms with Gasteiger partial charge in [0.25, 0.3) is 17.7 Å². The lowest BCUT2D eigenvalue weighted by Gasteiger charge is -2.11. The average molecular weight is 480 g/mol. The first-order valence-electron chi connectivity index (χ1n) is 10.3. The Morgan fingerprint density at radius 3 is 2.62 bits per heavy atom. The standard InChI is InChI=1S/C24H21N3O6S/c1-15(22-26-27-23(33-22)20-7-4-12-34-20)32-24(29)16-8-10-18(11-9-16)31-14-21(28)25-17-5-3-6-19(13-17)30-2/h3-13,15H,14H2,1-2H3,(H,25,28). The summed E-state index contributed by atoms with van der Waals surface area (Å²) in [5.74, 6) is 0.779. The van der Waals surface area contributed by atoms with Crippen LogP contribution in [0.25, 0.3) is 10.8 Å². The lowest BCUT2D eigenvalue weighted by molar-refractivity contribution is -0.118. The predicted octanol–water partition coefficient (Wildman–Crippen LogP) is 4.74. The van der Waals surface area contributed by atoms with Gasteiger partial charge in [-0.25, -0.2) is 4.79 Å². The maximum Gasteiger partial charge on any atom is 0.338 e. The van der Waals surface area contributed by atoms with E-state index in [-0.39, 0.29) is 18.4 Å². The molecule has 1 atom stereocenters. The highest BCUT2D eigenvalue weighted by Crippen LogP contribution is 2.26. The van der Waals surface area contributed by atoms with Crippen molar-refractivity contribution in [1.29, 1.82) is 0 Å². The Hall–Kier alpha value is -4.18. The summed E-state index contributed by atoms with van der Waals surface area (Å²) in [6.07, 6.45) is -0.718. The van der Waals surface area contributed by atoms with Gasteiger partial charge < -0.3 is 23.9 Å². The normalized spacial score (nSPS) is 11.5. The highest BCUT2D eigenvalue weighted by molar-refractivity contribution is 7.13. The summed E-state index contributed by atoms with van der Waals surface area (Å²) < 4.78 is 21.7. The molecule has 0 aliphatic heterocycles. The molecule has 1 unspecified atom stereocenters. The molecule has 174 valence electrons. The predicted molar refractivity (Wildman–Crippen MR) is 125 cm³/mol. The molecule has 4 aromatic rings. The van der Waals surface area contributed by atoms with Gasteiger partial charge in [-0.1, -0.05) is 12.1 Å². The molecule has 0 radical (unpaired) electrons. The Kier molecular flexibility index (Phi) is 7.19. The molecule has 0 fully saturated rings. The third-order valence-electron chi connectivity index (χ3n) is 4.62. The smallest absolute Gasteiger partial charge is 0.338 e. The first-order valence-corrected chi connectivity index (χ1v) is 11.1. The lowest BCUT2D eigenvalue weighted by atomic mass is 10.2. The quantitative estimate of drug-likeness (QED) is 0.343. The van der Waals surface area contributed by atoms with Gasteiger partial charge >= 0.3 is 5.97 Å². The number of benzene rings is 2. The number of thiophene rings is 1. The number of esters is 1. The minimum absolute atomic E-state index is 0.193. The van der Waals surface area contributed by atoms with Crippen LogP contribution in [0.5, 0.6) is 11.5 Å². The highest BCUT2D eigenvalue weighted by Gasteiger charge is 2.20. The third-order valence-corrected chi connectivity index (χ3v) is 5.48. The number of ether oxygens (including phenoxy) is 3. The van der Waals surface area contributed by atoms with Gasteiger partial charge in [0.1, 0.15) is 11.5 Å². The molecule has 9 nitrogen and oxygen atoms in total. The molecule has 0 spiro atoms. The van der Waals surface area contributed by atoms with E-state index in [0.29, 0.717) is 28.6 Å². The van der Waals surface area contributed by atoms with Crippen molar-refractivity contribution in [3.63, 3.8) is 0 Å². The zero-order valence-corrected chi connectivity index (χ0v) is 19.2. The Balaban J connectivity index is 1.28. The van der Waals surface area contributed by atoms with Crippen molar-refractivity contribution in [2.45, 2.75) is 13.0 Å². The Bertz CT molecular complexity index is 1250. The van der Waals surface area contributed by atoms with Crippen LogP contribution in [0.2, 0.25) is 0 Å². The van der Waals surface area contributed by atoms with Crippen LogP contribution in [-0.4, -0.2) is 35.8 Å². The van der Waals surface area contributed by atoms with Crippen LogP contribution in [0, 0.1) is 0 Å². The van der Waals surface area contributed by atoms with Crippen molar-refractivity contribution in [3.05, 3.63) is 77.5 Å². The van der Waals surface area contributed by atoms with Crippen molar-refractivity contribution in [2.75, 3.05) is 19.0 Å². The topological polar surface area (TPSA) is 113 Å². The largest absolute Gasteiger partial charge is 0.497 e. The molecule has 0 aliphatic carbocycles. The van der Waals surface area contributed by atoms with E-state index in [4.69, 9.17) is 18.6 Å². The fraction of sp³-hybridized carbons (Fsp3) is 0.167. The van der Waals surface area contributed by atoms with Gasteiger partial charge in [0.2, 0.25) is 0 Å². The molecule has 4 rings (SSSR count). The van der Waals surface area contributed by atoms with Gasteiger partial charge in [0, 0.05) is 11.8 Å². The molecule has 0 saturated heterocycles. The summed E-state index contributed by atoms with van der Waals surface area (Å²) in [6.45, 7) is 1.46. The summed E-state index contributed by atoms with van der Waals surface area (Å²) in [6, 6.07) is 17.0. The number of rotatable bonds is 9. The SMILES string of the molecule is COc1cccc(NC(=O)COc2ccc(C(=O)OC(C)c3nnc(-c4cccs4)o3)cc2)c1. The van der Waals surface area contributed by atoms with Gasteiger partial charge in [-0.05, 0) is 54.8 Å². The molecular weight excluding hydrogens is 458 g/mol. The second kappa shape index (κ2) is 10.6. The molecule has 1 amide bonds. The van der Waals surface area contributed by atoms with E-state index < -0.39 is 12.1 Å². The minimum Gasteiger partial charge on any atom is -0.497 e. The second-order valence-corrected chi connectivity index (χ2v) is 8.01. The number of amides is 1. The molecule has 34 heavy (non-hydrogen) atoms. The van der Waals surface area contributed by atoms with E-state index in [1.54, 1.807) is 62.6 Å². The molecule has 10 heteroatoms. The number of anilines is 1. The number of carbonyl (C=O) groups excluding carboxylic acids is 2. The van der Waals surface area contributed by atoms with Crippen molar-refractivity contribution in [1.82, 2.24) is 10.2 Å². The maximum atomic E-state index is 12.5. The molecule has 1 N–H and O–H groups in total. The Morgan fingerprint density at radius 2 is 1.88 bits per heavy atom. The van der Waals surface area contributed by atoms with Gasteiger partial charge in [0.05, 0.1) is 17.6 Å². The third kappa shape index (κ3) is 5.78. The van der Waals surface area contributed by atoms with Crippen molar-refractivity contribution in [3.8, 4) is 22.3 Å². The zero-order valence-electron chi connectivity index (χ0n) is 18.4. The summed E-state index contributed by atoms with van der Waals surface area (Å²) in [5.41, 5.74) is 0.918. The van der Waals surface area contributed by atoms with Crippen molar-refractivity contribution >= 4 is 28.9 Å². The number of hydrogen-bond donors (Lipinski definition) is 1. The molecule has 2 heterocycles. The fourth-order valence-electron chi connectivity index (χ4n) is 2.91. The summed E-state index contributed by atoms with van der Waals surface area (Å²) in [4.78, 5) is 25.4. The highest BCUT2D eigenvalue weighted by atomic mass is 32.1. The molecule has 2 aromatic carbocycles. The van der Waals surface area contributed by atoms with E-state index in [1.807, 2.05) is 17.5 Å². The molecule has 2 aromatic heterocycles. The van der Waals surface area contributed by atoms with Crippen LogP contribution in [-0.2, 0) is 9.53 Å². The Labute approximate surface area is 199 Å². The van der Waals surface area contributed by atoms with E-state index in [0.717, 1.165) is 4.88 Å². The molecular formula is C24H21N3O6S. The number of methoxy groups -OCH3 is 1. The monoisotopic (exact) mass is 479 g/mol. The lowest BCUT2D eigenvalue weighted by Crippen LogP contribution is -2.20. The molecule has 0 aliphatic rings. The van der Waals surface area contributed by atoms with Crippen LogP contribution < -0.4 is 14.8 Å². The molecule has 0 bridgehead atoms. The van der Waals surface area contributed by atoms with Gasteiger partial charge in [-0.3, -0.25) is 4.79 Å². The number of nitrogens with one attached hydrogen (secondary N) is 1. The first-order chi connectivity index (χ1) is 16.5. The van der Waals surface area contributed by atoms with E-state index in [9.17, 15) is 9.59 Å². The number of nitrogens with zero attached hydrogens (tertiary/aromatic N) is 2. The van der Waals surface area contributed by atoms with Crippen LogP contribution in [0.15, 0.2) is 70.5 Å². The number of hydrogen-bond acceptors (Lipinski definition) is 9. The fourth-order valence-corrected chi connectivity index (χ4v) is 3.56. The van der Waals surface area contributed by atoms with Crippen LogP contribution in [0.3, 0.4) is 0 Å². The van der Waals surface area contributed by atoms with Crippen LogP contribution in [0.1, 0.15) is 29.3 Å². The van der Waals surface area contributed by atoms with Crippen LogP contribution >= 0.6 is 11.3 Å². The number of aromatic nitrogens is 2. The van der Waals surface area contributed by atoms with E-state index in [1.165, 1.54) is 11.3 Å². The summed E-state index contributed by atoms with van der Waals surface area (Å²) in [7, 11) is 1.55. The number of carbonyl (C=O) groups is 2. The van der Waals surface area contributed by atoms with Crippen LogP contribution in [0.4, 0.5) is 5.69 Å². The molecule has 0 saturated carbocycles. The van der Waals surface area contributed by atoms with Gasteiger partial charge in [0.15, 0.2) is 12.7 Å². The zero-order chi connectivity index (χ0) is 23.9. The van der Waals surface area contributed by atoms with Gasteiger partial charge in [-0.15, -0.1) is 21.5 Å².